The van der Waals surface area contributed by atoms with Crippen LogP contribution in [0.25, 0.3) is 0 Å². The van der Waals surface area contributed by atoms with Crippen LogP contribution in [-0.2, 0) is 39.0 Å². The zero-order chi connectivity index (χ0) is 23.0. The van der Waals surface area contributed by atoms with Crippen LogP contribution in [0.5, 0.6) is 0 Å². The van der Waals surface area contributed by atoms with E-state index < -0.39 is 0 Å². The molecule has 0 N–H and O–H groups in total. The summed E-state index contributed by atoms with van der Waals surface area (Å²) < 4.78 is 3.86. The van der Waals surface area contributed by atoms with Gasteiger partial charge in [-0.1, -0.05) is 60.7 Å². The first-order chi connectivity index (χ1) is 16.8. The van der Waals surface area contributed by atoms with Crippen LogP contribution in [0.4, 0.5) is 0 Å². The Bertz CT molecular complexity index is 1040. The maximum absolute atomic E-state index is 4.28. The van der Waals surface area contributed by atoms with Gasteiger partial charge in [-0.15, -0.1) is 10.2 Å². The van der Waals surface area contributed by atoms with Crippen LogP contribution in [0.2, 0.25) is 0 Å². The van der Waals surface area contributed by atoms with Crippen LogP contribution < -0.4 is 0 Å². The van der Waals surface area contributed by atoms with Crippen LogP contribution in [-0.4, -0.2) is 76.4 Å². The molecule has 0 aliphatic carbocycles. The van der Waals surface area contributed by atoms with E-state index in [-0.39, 0.29) is 0 Å². The van der Waals surface area contributed by atoms with Crippen molar-refractivity contribution >= 4 is 0 Å². The Hall–Kier alpha value is -3.50. The quantitative estimate of drug-likeness (QED) is 0.353. The predicted octanol–water partition coefficient (Wildman–Crippen LogP) is 1.46. The minimum Gasteiger partial charge on any atom is -0.293 e. The molecule has 1 aliphatic rings. The molecule has 0 spiro atoms. The maximum Gasteiger partial charge on any atom is 0.165 e. The lowest BCUT2D eigenvalue weighted by Crippen LogP contribution is -2.46. The summed E-state index contributed by atoms with van der Waals surface area (Å²) in [5.74, 6) is 1.85. The summed E-state index contributed by atoms with van der Waals surface area (Å²) in [6, 6.07) is 20.9. The molecule has 4 aromatic rings. The molecular weight excluding hydrogens is 428 g/mol. The maximum atomic E-state index is 4.28. The predicted molar refractivity (Wildman–Crippen MR) is 126 cm³/mol. The first kappa shape index (κ1) is 22.3. The SMILES string of the molecule is c1ccc(CCn2nnnc2CN2CCN(Cc3nnnn3CCc3ccccc3)CC2)cc1. The smallest absolute Gasteiger partial charge is 0.165 e. The molecule has 10 heteroatoms. The fourth-order valence-corrected chi connectivity index (χ4v) is 4.29. The average Bonchev–Trinajstić information content (AvgIpc) is 3.53. The van der Waals surface area contributed by atoms with Gasteiger partial charge in [0.2, 0.25) is 0 Å². The van der Waals surface area contributed by atoms with Crippen LogP contribution in [0.15, 0.2) is 60.7 Å². The fraction of sp³-hybridized carbons (Fsp3) is 0.417. The lowest BCUT2D eigenvalue weighted by Gasteiger charge is -2.33. The number of rotatable bonds is 10. The molecule has 0 saturated carbocycles. The lowest BCUT2D eigenvalue weighted by molar-refractivity contribution is 0.115. The third kappa shape index (κ3) is 5.89. The second-order valence-corrected chi connectivity index (χ2v) is 8.66. The number of aromatic nitrogens is 8. The summed E-state index contributed by atoms with van der Waals surface area (Å²) in [6.07, 6.45) is 1.84. The third-order valence-electron chi connectivity index (χ3n) is 6.32. The molecule has 0 atom stereocenters. The van der Waals surface area contributed by atoms with E-state index in [2.05, 4.69) is 89.4 Å². The minimum atomic E-state index is 0.768. The second-order valence-electron chi connectivity index (χ2n) is 8.66. The molecule has 3 heterocycles. The summed E-state index contributed by atoms with van der Waals surface area (Å²) in [6.45, 7) is 6.99. The van der Waals surface area contributed by atoms with Crippen molar-refractivity contribution in [2.75, 3.05) is 26.2 Å². The molecule has 0 radical (unpaired) electrons. The summed E-state index contributed by atoms with van der Waals surface area (Å²) in [5, 5.41) is 24.8. The van der Waals surface area contributed by atoms with Crippen LogP contribution in [0.1, 0.15) is 22.8 Å². The summed E-state index contributed by atoms with van der Waals surface area (Å²) in [7, 11) is 0. The van der Waals surface area contributed by atoms with Gasteiger partial charge in [0.1, 0.15) is 0 Å². The molecule has 0 bridgehead atoms. The van der Waals surface area contributed by atoms with Crippen molar-refractivity contribution in [2.45, 2.75) is 39.0 Å². The Morgan fingerprint density at radius 3 is 1.38 bits per heavy atom. The first-order valence-electron chi connectivity index (χ1n) is 11.9. The highest BCUT2D eigenvalue weighted by molar-refractivity contribution is 5.15. The molecule has 2 aromatic carbocycles. The van der Waals surface area contributed by atoms with Gasteiger partial charge < -0.3 is 0 Å². The number of benzene rings is 2. The van der Waals surface area contributed by atoms with Crippen molar-refractivity contribution in [3.05, 3.63) is 83.4 Å². The van der Waals surface area contributed by atoms with E-state index in [1.54, 1.807) is 0 Å². The molecule has 34 heavy (non-hydrogen) atoms. The number of aryl methyl sites for hydroxylation is 4. The Kier molecular flexibility index (Phi) is 7.27. The van der Waals surface area contributed by atoms with E-state index in [1.165, 1.54) is 11.1 Å². The summed E-state index contributed by atoms with van der Waals surface area (Å²) in [5.41, 5.74) is 2.59. The number of piperazine rings is 1. The van der Waals surface area contributed by atoms with E-state index in [4.69, 9.17) is 0 Å². The van der Waals surface area contributed by atoms with Gasteiger partial charge in [-0.2, -0.15) is 0 Å². The molecule has 0 unspecified atom stereocenters. The average molecular weight is 459 g/mol. The van der Waals surface area contributed by atoms with Crippen molar-refractivity contribution in [3.8, 4) is 0 Å². The zero-order valence-electron chi connectivity index (χ0n) is 19.3. The lowest BCUT2D eigenvalue weighted by atomic mass is 10.1. The van der Waals surface area contributed by atoms with E-state index in [0.29, 0.717) is 0 Å². The van der Waals surface area contributed by atoms with Gasteiger partial charge in [-0.25, -0.2) is 9.36 Å². The van der Waals surface area contributed by atoms with E-state index in [0.717, 1.165) is 76.8 Å². The molecule has 0 amide bonds. The van der Waals surface area contributed by atoms with Gasteiger partial charge in [0.15, 0.2) is 11.6 Å². The Morgan fingerprint density at radius 2 is 0.971 bits per heavy atom. The molecule has 1 aliphatic heterocycles. The Balaban J connectivity index is 1.09. The largest absolute Gasteiger partial charge is 0.293 e. The third-order valence-corrected chi connectivity index (χ3v) is 6.32. The zero-order valence-corrected chi connectivity index (χ0v) is 19.3. The highest BCUT2D eigenvalue weighted by atomic mass is 15.6. The summed E-state index contributed by atoms with van der Waals surface area (Å²) >= 11 is 0. The van der Waals surface area contributed by atoms with Gasteiger partial charge in [0.25, 0.3) is 0 Å². The van der Waals surface area contributed by atoms with E-state index >= 15 is 0 Å². The molecule has 5 rings (SSSR count). The van der Waals surface area contributed by atoms with Gasteiger partial charge in [-0.05, 0) is 44.8 Å². The summed E-state index contributed by atoms with van der Waals surface area (Å²) in [4.78, 5) is 4.83. The number of tetrazole rings is 2. The number of nitrogens with zero attached hydrogens (tertiary/aromatic N) is 10. The van der Waals surface area contributed by atoms with Crippen molar-refractivity contribution in [1.29, 1.82) is 0 Å². The molecule has 10 nitrogen and oxygen atoms in total. The van der Waals surface area contributed by atoms with Gasteiger partial charge in [0.05, 0.1) is 13.1 Å². The van der Waals surface area contributed by atoms with Crippen molar-refractivity contribution in [1.82, 2.24) is 50.2 Å². The standard InChI is InChI=1S/C24H30N10/c1-3-7-21(8-4-1)11-13-33-23(25-27-29-33)19-31-15-17-32(18-16-31)20-24-26-28-30-34(24)14-12-22-9-5-2-6-10-22/h1-10H,11-20H2. The van der Waals surface area contributed by atoms with Gasteiger partial charge >= 0.3 is 0 Å². The molecule has 1 fully saturated rings. The number of hydrogen-bond donors (Lipinski definition) is 0. The van der Waals surface area contributed by atoms with Crippen molar-refractivity contribution in [3.63, 3.8) is 0 Å². The van der Waals surface area contributed by atoms with Gasteiger partial charge in [-0.3, -0.25) is 9.80 Å². The highest BCUT2D eigenvalue weighted by Crippen LogP contribution is 2.10. The number of hydrogen-bond acceptors (Lipinski definition) is 8. The van der Waals surface area contributed by atoms with Crippen LogP contribution >= 0.6 is 0 Å². The molecule has 176 valence electrons. The van der Waals surface area contributed by atoms with Crippen molar-refractivity contribution < 1.29 is 0 Å². The van der Waals surface area contributed by atoms with Crippen LogP contribution in [0.3, 0.4) is 0 Å². The van der Waals surface area contributed by atoms with Gasteiger partial charge in [0, 0.05) is 39.3 Å². The molecular formula is C24H30N10. The normalized spacial score (nSPS) is 15.1. The first-order valence-corrected chi connectivity index (χ1v) is 11.9. The fourth-order valence-electron chi connectivity index (χ4n) is 4.29. The second kappa shape index (κ2) is 11.1. The Morgan fingerprint density at radius 1 is 0.559 bits per heavy atom. The van der Waals surface area contributed by atoms with Crippen LogP contribution in [0, 0.1) is 0 Å². The molecule has 2 aromatic heterocycles. The van der Waals surface area contributed by atoms with Crippen molar-refractivity contribution in [2.24, 2.45) is 0 Å². The molecule has 1 saturated heterocycles. The monoisotopic (exact) mass is 458 g/mol. The van der Waals surface area contributed by atoms with E-state index in [1.807, 2.05) is 21.5 Å². The highest BCUT2D eigenvalue weighted by Gasteiger charge is 2.21. The minimum absolute atomic E-state index is 0.768. The van der Waals surface area contributed by atoms with E-state index in [9.17, 15) is 0 Å². The Labute approximate surface area is 199 Å². The topological polar surface area (TPSA) is 93.7 Å².